The van der Waals surface area contributed by atoms with Crippen molar-refractivity contribution in [3.05, 3.63) is 29.1 Å². The number of esters is 1. The Bertz CT molecular complexity index is 430. The molecule has 1 heterocycles. The topological polar surface area (TPSA) is 39.2 Å². The highest BCUT2D eigenvalue weighted by atomic mass is 19.4. The lowest BCUT2D eigenvalue weighted by Crippen LogP contribution is -2.15. The van der Waals surface area contributed by atoms with Crippen LogP contribution in [0.4, 0.5) is 22.0 Å². The van der Waals surface area contributed by atoms with Gasteiger partial charge in [-0.15, -0.1) is 0 Å². The number of hydrogen-bond acceptors (Lipinski definition) is 3. The molecule has 0 radical (unpaired) electrons. The van der Waals surface area contributed by atoms with Crippen molar-refractivity contribution in [2.24, 2.45) is 0 Å². The number of carbonyl (C=O) groups is 1. The number of halogens is 5. The Morgan fingerprint density at radius 3 is 2.41 bits per heavy atom. The van der Waals surface area contributed by atoms with Crippen molar-refractivity contribution in [3.63, 3.8) is 0 Å². The molecule has 0 saturated carbocycles. The molecular weight excluding hydrogens is 249 g/mol. The maximum atomic E-state index is 12.5. The molecule has 3 nitrogen and oxygen atoms in total. The van der Waals surface area contributed by atoms with E-state index in [2.05, 4.69) is 9.72 Å². The van der Waals surface area contributed by atoms with Crippen molar-refractivity contribution >= 4 is 5.97 Å². The fraction of sp³-hybridized carbons (Fsp3) is 0.333. The molecule has 0 bridgehead atoms. The Hall–Kier alpha value is -1.73. The van der Waals surface area contributed by atoms with Gasteiger partial charge in [0, 0.05) is 6.20 Å². The third kappa shape index (κ3) is 2.89. The van der Waals surface area contributed by atoms with Gasteiger partial charge in [-0.2, -0.15) is 13.2 Å². The van der Waals surface area contributed by atoms with Gasteiger partial charge < -0.3 is 4.74 Å². The standard InChI is InChI=1S/C9H6F5NO2/c1-17-8(16)4-3-15-6(7(10)11)2-5(4)9(12,13)14/h2-3,7H,1H3. The molecule has 1 aromatic heterocycles. The number of rotatable bonds is 2. The summed E-state index contributed by atoms with van der Waals surface area (Å²) in [6, 6.07) is 0.136. The van der Waals surface area contributed by atoms with Crippen LogP contribution in [0, 0.1) is 0 Å². The van der Waals surface area contributed by atoms with E-state index in [1.807, 2.05) is 0 Å². The summed E-state index contributed by atoms with van der Waals surface area (Å²) in [6.45, 7) is 0. The first-order valence-electron chi connectivity index (χ1n) is 4.21. The monoisotopic (exact) mass is 255 g/mol. The zero-order valence-electron chi connectivity index (χ0n) is 8.39. The molecule has 0 aliphatic carbocycles. The first kappa shape index (κ1) is 13.3. The normalized spacial score (nSPS) is 11.7. The largest absolute Gasteiger partial charge is 0.465 e. The van der Waals surface area contributed by atoms with Crippen LogP contribution >= 0.6 is 0 Å². The molecule has 0 aromatic carbocycles. The molecule has 8 heteroatoms. The maximum Gasteiger partial charge on any atom is 0.417 e. The zero-order chi connectivity index (χ0) is 13.2. The quantitative estimate of drug-likeness (QED) is 0.602. The van der Waals surface area contributed by atoms with E-state index >= 15 is 0 Å². The molecule has 0 spiro atoms. The van der Waals surface area contributed by atoms with Gasteiger partial charge in [-0.1, -0.05) is 0 Å². The van der Waals surface area contributed by atoms with Crippen LogP contribution in [0.5, 0.6) is 0 Å². The Morgan fingerprint density at radius 2 is 2.00 bits per heavy atom. The van der Waals surface area contributed by atoms with Crippen LogP contribution in [0.3, 0.4) is 0 Å². The highest BCUT2D eigenvalue weighted by Gasteiger charge is 2.37. The number of hydrogen-bond donors (Lipinski definition) is 0. The number of pyridine rings is 1. The molecule has 0 N–H and O–H groups in total. The SMILES string of the molecule is COC(=O)c1cnc(C(F)F)cc1C(F)(F)F. The van der Waals surface area contributed by atoms with E-state index in [1.54, 1.807) is 0 Å². The molecular formula is C9H6F5NO2. The van der Waals surface area contributed by atoms with Crippen LogP contribution < -0.4 is 0 Å². The summed E-state index contributed by atoms with van der Waals surface area (Å²) in [7, 11) is 0.878. The van der Waals surface area contributed by atoms with Gasteiger partial charge in [-0.3, -0.25) is 4.98 Å². The van der Waals surface area contributed by atoms with Gasteiger partial charge in [0.25, 0.3) is 6.43 Å². The molecule has 0 aliphatic rings. The molecule has 94 valence electrons. The van der Waals surface area contributed by atoms with E-state index in [9.17, 15) is 26.7 Å². The van der Waals surface area contributed by atoms with Crippen molar-refractivity contribution in [3.8, 4) is 0 Å². The predicted molar refractivity (Wildman–Crippen MR) is 45.5 cm³/mol. The second-order valence-electron chi connectivity index (χ2n) is 2.94. The van der Waals surface area contributed by atoms with Gasteiger partial charge in [-0.05, 0) is 6.07 Å². The maximum absolute atomic E-state index is 12.5. The smallest absolute Gasteiger partial charge is 0.417 e. The average molecular weight is 255 g/mol. The van der Waals surface area contributed by atoms with Gasteiger partial charge in [0.2, 0.25) is 0 Å². The van der Waals surface area contributed by atoms with Crippen molar-refractivity contribution in [2.75, 3.05) is 7.11 Å². The lowest BCUT2D eigenvalue weighted by Gasteiger charge is -2.12. The number of nitrogens with zero attached hydrogens (tertiary/aromatic N) is 1. The fourth-order valence-electron chi connectivity index (χ4n) is 1.10. The van der Waals surface area contributed by atoms with E-state index in [4.69, 9.17) is 0 Å². The van der Waals surface area contributed by atoms with E-state index < -0.39 is 35.4 Å². The van der Waals surface area contributed by atoms with E-state index in [0.29, 0.717) is 6.20 Å². The molecule has 1 aromatic rings. The molecule has 0 atom stereocenters. The van der Waals surface area contributed by atoms with Crippen LogP contribution in [0.1, 0.15) is 28.0 Å². The number of methoxy groups -OCH3 is 1. The minimum atomic E-state index is -4.93. The van der Waals surface area contributed by atoms with Gasteiger partial charge in [0.05, 0.1) is 18.2 Å². The number of aromatic nitrogens is 1. The first-order valence-corrected chi connectivity index (χ1v) is 4.21. The zero-order valence-corrected chi connectivity index (χ0v) is 8.39. The molecule has 0 amide bonds. The molecule has 1 rings (SSSR count). The van der Waals surface area contributed by atoms with Crippen molar-refractivity contribution in [1.29, 1.82) is 0 Å². The van der Waals surface area contributed by atoms with Crippen LogP contribution in [-0.4, -0.2) is 18.1 Å². The van der Waals surface area contributed by atoms with Crippen molar-refractivity contribution in [1.82, 2.24) is 4.98 Å². The highest BCUT2D eigenvalue weighted by Crippen LogP contribution is 2.33. The Labute approximate surface area is 92.2 Å². The average Bonchev–Trinajstić information content (AvgIpc) is 2.26. The summed E-state index contributed by atoms with van der Waals surface area (Å²) < 4.78 is 66.0. The van der Waals surface area contributed by atoms with Crippen LogP contribution in [0.2, 0.25) is 0 Å². The first-order chi connectivity index (χ1) is 7.77. The van der Waals surface area contributed by atoms with Gasteiger partial charge in [0.15, 0.2) is 0 Å². The van der Waals surface area contributed by atoms with Gasteiger partial charge in [-0.25, -0.2) is 13.6 Å². The van der Waals surface area contributed by atoms with E-state index in [1.165, 1.54) is 0 Å². The predicted octanol–water partition coefficient (Wildman–Crippen LogP) is 2.82. The van der Waals surface area contributed by atoms with Gasteiger partial charge >= 0.3 is 12.1 Å². The Balaban J connectivity index is 3.37. The third-order valence-corrected chi connectivity index (χ3v) is 1.86. The lowest BCUT2D eigenvalue weighted by molar-refractivity contribution is -0.138. The molecule has 0 saturated heterocycles. The van der Waals surface area contributed by atoms with Crippen molar-refractivity contribution in [2.45, 2.75) is 12.6 Å². The second kappa shape index (κ2) is 4.64. The van der Waals surface area contributed by atoms with E-state index in [-0.39, 0.29) is 6.07 Å². The summed E-state index contributed by atoms with van der Waals surface area (Å²) in [4.78, 5) is 14.1. The van der Waals surface area contributed by atoms with Crippen LogP contribution in [0.15, 0.2) is 12.3 Å². The minimum absolute atomic E-state index is 0.136. The Morgan fingerprint density at radius 1 is 1.41 bits per heavy atom. The van der Waals surface area contributed by atoms with Gasteiger partial charge in [0.1, 0.15) is 5.69 Å². The summed E-state index contributed by atoms with van der Waals surface area (Å²) in [6.07, 6.45) is -7.66. The van der Waals surface area contributed by atoms with Crippen LogP contribution in [0.25, 0.3) is 0 Å². The number of ether oxygens (including phenoxy) is 1. The fourth-order valence-corrected chi connectivity index (χ4v) is 1.10. The summed E-state index contributed by atoms with van der Waals surface area (Å²) in [5, 5.41) is 0. The van der Waals surface area contributed by atoms with Crippen molar-refractivity contribution < 1.29 is 31.5 Å². The summed E-state index contributed by atoms with van der Waals surface area (Å²) in [5.74, 6) is -1.29. The van der Waals surface area contributed by atoms with E-state index in [0.717, 1.165) is 7.11 Å². The summed E-state index contributed by atoms with van der Waals surface area (Å²) >= 11 is 0. The Kier molecular flexibility index (Phi) is 3.64. The second-order valence-corrected chi connectivity index (χ2v) is 2.94. The lowest BCUT2D eigenvalue weighted by atomic mass is 10.1. The highest BCUT2D eigenvalue weighted by molar-refractivity contribution is 5.90. The number of alkyl halides is 5. The third-order valence-electron chi connectivity index (χ3n) is 1.86. The molecule has 0 aliphatic heterocycles. The molecule has 0 unspecified atom stereocenters. The molecule has 17 heavy (non-hydrogen) atoms. The van der Waals surface area contributed by atoms with Crippen LogP contribution in [-0.2, 0) is 10.9 Å². The summed E-state index contributed by atoms with van der Waals surface area (Å²) in [5.41, 5.74) is -3.44. The minimum Gasteiger partial charge on any atom is -0.465 e. The molecule has 0 fully saturated rings. The number of carbonyl (C=O) groups excluding carboxylic acids is 1.